The van der Waals surface area contributed by atoms with E-state index in [4.69, 9.17) is 10.00 Å². The van der Waals surface area contributed by atoms with Crippen molar-refractivity contribution >= 4 is 27.5 Å². The highest BCUT2D eigenvalue weighted by Crippen LogP contribution is 2.21. The van der Waals surface area contributed by atoms with Gasteiger partial charge in [0.15, 0.2) is 0 Å². The molecular formula is C13H15BrN2O2. The highest BCUT2D eigenvalue weighted by atomic mass is 79.9. The van der Waals surface area contributed by atoms with Crippen molar-refractivity contribution in [3.63, 3.8) is 0 Å². The Labute approximate surface area is 115 Å². The quantitative estimate of drug-likeness (QED) is 0.909. The lowest BCUT2D eigenvalue weighted by Crippen LogP contribution is -2.15. The second-order valence-corrected chi connectivity index (χ2v) is 4.85. The van der Waals surface area contributed by atoms with E-state index in [9.17, 15) is 4.79 Å². The van der Waals surface area contributed by atoms with Gasteiger partial charge in [-0.1, -0.05) is 15.9 Å². The minimum Gasteiger partial charge on any atom is -0.382 e. The van der Waals surface area contributed by atoms with E-state index in [1.165, 1.54) is 0 Å². The molecule has 4 nitrogen and oxygen atoms in total. The number of anilines is 1. The number of nitriles is 1. The molecule has 1 unspecified atom stereocenters. The fourth-order valence-electron chi connectivity index (χ4n) is 1.38. The summed E-state index contributed by atoms with van der Waals surface area (Å²) >= 11 is 3.31. The van der Waals surface area contributed by atoms with Gasteiger partial charge in [0.25, 0.3) is 0 Å². The van der Waals surface area contributed by atoms with Crippen LogP contribution in [-0.2, 0) is 9.53 Å². The van der Waals surface area contributed by atoms with Gasteiger partial charge in [0.2, 0.25) is 5.91 Å². The molecule has 96 valence electrons. The molecule has 0 saturated heterocycles. The Morgan fingerprint density at radius 3 is 2.94 bits per heavy atom. The lowest BCUT2D eigenvalue weighted by atomic mass is 10.1. The van der Waals surface area contributed by atoms with Crippen LogP contribution in [0.4, 0.5) is 5.69 Å². The first-order valence-corrected chi connectivity index (χ1v) is 6.38. The zero-order valence-corrected chi connectivity index (χ0v) is 12.0. The van der Waals surface area contributed by atoms with Gasteiger partial charge in [-0.3, -0.25) is 4.79 Å². The molecule has 0 heterocycles. The minimum absolute atomic E-state index is 0.0497. The summed E-state index contributed by atoms with van der Waals surface area (Å²) in [7, 11) is 1.62. The van der Waals surface area contributed by atoms with E-state index >= 15 is 0 Å². The number of halogens is 1. The Morgan fingerprint density at radius 1 is 1.61 bits per heavy atom. The number of hydrogen-bond donors (Lipinski definition) is 1. The zero-order chi connectivity index (χ0) is 13.5. The molecule has 18 heavy (non-hydrogen) atoms. The van der Waals surface area contributed by atoms with Crippen LogP contribution in [0.2, 0.25) is 0 Å². The lowest BCUT2D eigenvalue weighted by molar-refractivity contribution is -0.116. The second-order valence-electron chi connectivity index (χ2n) is 3.93. The summed E-state index contributed by atoms with van der Waals surface area (Å²) in [5.41, 5.74) is 0.980. The number of rotatable bonds is 5. The molecule has 0 bridgehead atoms. The molecule has 0 aliphatic carbocycles. The summed E-state index contributed by atoms with van der Waals surface area (Å²) in [6, 6.07) is 7.19. The first-order chi connectivity index (χ1) is 8.56. The summed E-state index contributed by atoms with van der Waals surface area (Å²) in [5.74, 6) is -0.117. The molecule has 1 aromatic rings. The number of nitrogens with one attached hydrogen (secondary N) is 1. The number of hydrogen-bond acceptors (Lipinski definition) is 3. The van der Waals surface area contributed by atoms with Gasteiger partial charge in [0.05, 0.1) is 17.4 Å². The molecule has 1 rings (SSSR count). The predicted octanol–water partition coefficient (Wildman–Crippen LogP) is 3.07. The van der Waals surface area contributed by atoms with Crippen LogP contribution in [0.25, 0.3) is 0 Å². The van der Waals surface area contributed by atoms with E-state index in [2.05, 4.69) is 21.2 Å². The fraction of sp³-hybridized carbons (Fsp3) is 0.385. The molecule has 1 amide bonds. The first-order valence-electron chi connectivity index (χ1n) is 5.59. The van der Waals surface area contributed by atoms with Gasteiger partial charge in [0.1, 0.15) is 6.07 Å². The zero-order valence-electron chi connectivity index (χ0n) is 10.4. The van der Waals surface area contributed by atoms with Crippen molar-refractivity contribution in [2.45, 2.75) is 25.9 Å². The van der Waals surface area contributed by atoms with Crippen LogP contribution >= 0.6 is 15.9 Å². The number of methoxy groups -OCH3 is 1. The monoisotopic (exact) mass is 310 g/mol. The highest BCUT2D eigenvalue weighted by Gasteiger charge is 2.09. The molecule has 5 heteroatoms. The number of carbonyl (C=O) groups excluding carboxylic acids is 1. The maximum absolute atomic E-state index is 11.7. The smallest absolute Gasteiger partial charge is 0.224 e. The second kappa shape index (κ2) is 7.14. The summed E-state index contributed by atoms with van der Waals surface area (Å²) in [6.07, 6.45) is 1.07. The van der Waals surface area contributed by atoms with Gasteiger partial charge in [-0.05, 0) is 31.5 Å². The maximum Gasteiger partial charge on any atom is 0.224 e. The molecule has 1 N–H and O–H groups in total. The van der Waals surface area contributed by atoms with Crippen LogP contribution in [0.3, 0.4) is 0 Å². The molecule has 1 atom stereocenters. The lowest BCUT2D eigenvalue weighted by Gasteiger charge is -2.10. The number of carbonyl (C=O) groups is 1. The van der Waals surface area contributed by atoms with Crippen molar-refractivity contribution in [2.75, 3.05) is 12.4 Å². The molecule has 0 aliphatic heterocycles. The SMILES string of the molecule is COC(C)CCC(=O)Nc1cc(Br)ccc1C#N. The van der Waals surface area contributed by atoms with Crippen LogP contribution in [0.1, 0.15) is 25.3 Å². The van der Waals surface area contributed by atoms with Gasteiger partial charge in [-0.25, -0.2) is 0 Å². The van der Waals surface area contributed by atoms with E-state index in [0.29, 0.717) is 24.1 Å². The highest BCUT2D eigenvalue weighted by molar-refractivity contribution is 9.10. The van der Waals surface area contributed by atoms with Gasteiger partial charge >= 0.3 is 0 Å². The van der Waals surface area contributed by atoms with Crippen LogP contribution in [-0.4, -0.2) is 19.1 Å². The molecule has 0 aliphatic rings. The molecule has 0 saturated carbocycles. The van der Waals surface area contributed by atoms with Gasteiger partial charge in [-0.15, -0.1) is 0 Å². The van der Waals surface area contributed by atoms with Crippen LogP contribution in [0.5, 0.6) is 0 Å². The third kappa shape index (κ3) is 4.47. The van der Waals surface area contributed by atoms with E-state index in [1.807, 2.05) is 13.0 Å². The predicted molar refractivity (Wildman–Crippen MR) is 73.2 cm³/mol. The van der Waals surface area contributed by atoms with Crippen LogP contribution in [0.15, 0.2) is 22.7 Å². The van der Waals surface area contributed by atoms with Crippen molar-refractivity contribution in [3.05, 3.63) is 28.2 Å². The van der Waals surface area contributed by atoms with Gasteiger partial charge < -0.3 is 10.1 Å². The summed E-state index contributed by atoms with van der Waals surface area (Å²) in [4.78, 5) is 11.7. The van der Waals surface area contributed by atoms with Crippen molar-refractivity contribution in [2.24, 2.45) is 0 Å². The van der Waals surface area contributed by atoms with Crippen LogP contribution in [0, 0.1) is 11.3 Å². The summed E-state index contributed by atoms with van der Waals surface area (Å²) in [6.45, 7) is 1.91. The number of nitrogens with zero attached hydrogens (tertiary/aromatic N) is 1. The van der Waals surface area contributed by atoms with E-state index in [1.54, 1.807) is 25.3 Å². The summed E-state index contributed by atoms with van der Waals surface area (Å²) < 4.78 is 5.90. The van der Waals surface area contributed by atoms with Crippen molar-refractivity contribution < 1.29 is 9.53 Å². The molecule has 0 spiro atoms. The van der Waals surface area contributed by atoms with Crippen molar-refractivity contribution in [3.8, 4) is 6.07 Å². The molecule has 1 aromatic carbocycles. The number of ether oxygens (including phenoxy) is 1. The van der Waals surface area contributed by atoms with Crippen molar-refractivity contribution in [1.29, 1.82) is 5.26 Å². The Balaban J connectivity index is 2.64. The largest absolute Gasteiger partial charge is 0.382 e. The topological polar surface area (TPSA) is 62.1 Å². The normalized spacial score (nSPS) is 11.7. The number of benzene rings is 1. The average molecular weight is 311 g/mol. The Hall–Kier alpha value is -1.38. The summed E-state index contributed by atoms with van der Waals surface area (Å²) in [5, 5.41) is 11.7. The van der Waals surface area contributed by atoms with Crippen molar-refractivity contribution in [1.82, 2.24) is 0 Å². The minimum atomic E-state index is -0.117. The average Bonchev–Trinajstić information content (AvgIpc) is 2.36. The fourth-order valence-corrected chi connectivity index (χ4v) is 1.74. The Kier molecular flexibility index (Phi) is 5.83. The third-order valence-corrected chi connectivity index (χ3v) is 3.05. The maximum atomic E-state index is 11.7. The molecular weight excluding hydrogens is 296 g/mol. The van der Waals surface area contributed by atoms with E-state index in [0.717, 1.165) is 4.47 Å². The Bertz CT molecular complexity index is 469. The third-order valence-electron chi connectivity index (χ3n) is 2.56. The molecule has 0 fully saturated rings. The van der Waals surface area contributed by atoms with Gasteiger partial charge in [0, 0.05) is 18.0 Å². The number of amides is 1. The standard InChI is InChI=1S/C13H15BrN2O2/c1-9(18-2)3-6-13(17)16-12-7-11(14)5-4-10(12)8-15/h4-5,7,9H,3,6H2,1-2H3,(H,16,17). The van der Waals surface area contributed by atoms with E-state index < -0.39 is 0 Å². The molecule has 0 aromatic heterocycles. The van der Waals surface area contributed by atoms with Gasteiger partial charge in [-0.2, -0.15) is 5.26 Å². The van der Waals surface area contributed by atoms with E-state index in [-0.39, 0.29) is 12.0 Å². The van der Waals surface area contributed by atoms with Crippen LogP contribution < -0.4 is 5.32 Å². The first kappa shape index (κ1) is 14.7. The Morgan fingerprint density at radius 2 is 2.33 bits per heavy atom. The molecule has 0 radical (unpaired) electrons.